The molecule has 0 aliphatic rings. The Morgan fingerprint density at radius 1 is 1.64 bits per heavy atom. The number of hydrogen-bond acceptors (Lipinski definition) is 4. The third-order valence-electron chi connectivity index (χ3n) is 2.08. The highest BCUT2D eigenvalue weighted by Crippen LogP contribution is 2.16. The van der Waals surface area contributed by atoms with Crippen LogP contribution in [0.25, 0.3) is 0 Å². The van der Waals surface area contributed by atoms with Crippen LogP contribution in [0.2, 0.25) is 0 Å². The topological polar surface area (TPSA) is 55.5 Å². The highest BCUT2D eigenvalue weighted by molar-refractivity contribution is 5.09. The smallest absolute Gasteiger partial charge is 0.137 e. The predicted molar refractivity (Wildman–Crippen MR) is 52.2 cm³/mol. The van der Waals surface area contributed by atoms with Crippen LogP contribution in [0.15, 0.2) is 10.6 Å². The molecule has 1 aromatic heterocycles. The number of methoxy groups -OCH3 is 1. The van der Waals surface area contributed by atoms with Crippen LogP contribution in [0, 0.1) is 0 Å². The molecule has 0 aromatic carbocycles. The fourth-order valence-electron chi connectivity index (χ4n) is 1.27. The van der Waals surface area contributed by atoms with E-state index in [1.54, 1.807) is 7.11 Å². The minimum atomic E-state index is 0.184. The zero-order valence-corrected chi connectivity index (χ0v) is 8.69. The molecular weight excluding hydrogens is 182 g/mol. The number of hydrogen-bond donors (Lipinski definition) is 1. The van der Waals surface area contributed by atoms with E-state index < -0.39 is 0 Å². The summed E-state index contributed by atoms with van der Waals surface area (Å²) in [4.78, 5) is 0. The molecule has 1 heterocycles. The van der Waals surface area contributed by atoms with Crippen molar-refractivity contribution in [1.29, 1.82) is 0 Å². The van der Waals surface area contributed by atoms with Crippen molar-refractivity contribution in [2.45, 2.75) is 25.7 Å². The van der Waals surface area contributed by atoms with Crippen molar-refractivity contribution in [1.82, 2.24) is 5.16 Å². The molecule has 0 fully saturated rings. The van der Waals surface area contributed by atoms with E-state index in [0.717, 1.165) is 17.9 Å². The summed E-state index contributed by atoms with van der Waals surface area (Å²) in [7, 11) is 1.67. The van der Waals surface area contributed by atoms with Gasteiger partial charge in [0.1, 0.15) is 5.76 Å². The van der Waals surface area contributed by atoms with E-state index >= 15 is 0 Å². The van der Waals surface area contributed by atoms with Crippen LogP contribution in [0.5, 0.6) is 0 Å². The minimum Gasteiger partial charge on any atom is -0.396 e. The van der Waals surface area contributed by atoms with Gasteiger partial charge in [0.15, 0.2) is 0 Å². The fourth-order valence-corrected chi connectivity index (χ4v) is 1.27. The lowest BCUT2D eigenvalue weighted by Gasteiger charge is -2.03. The molecule has 0 saturated carbocycles. The lowest BCUT2D eigenvalue weighted by molar-refractivity contribution is 0.181. The summed E-state index contributed by atoms with van der Waals surface area (Å²) < 4.78 is 10.1. The Hall–Kier alpha value is -0.870. The molecule has 1 unspecified atom stereocenters. The van der Waals surface area contributed by atoms with Crippen LogP contribution in [0.3, 0.4) is 0 Å². The monoisotopic (exact) mass is 199 g/mol. The molecule has 0 saturated heterocycles. The Morgan fingerprint density at radius 3 is 3.07 bits per heavy atom. The van der Waals surface area contributed by atoms with Crippen molar-refractivity contribution in [2.75, 3.05) is 20.3 Å². The predicted octanol–water partition coefficient (Wildman–Crippen LogP) is 1.35. The van der Waals surface area contributed by atoms with E-state index in [2.05, 4.69) is 5.16 Å². The summed E-state index contributed by atoms with van der Waals surface area (Å²) in [6.07, 6.45) is 1.45. The van der Waals surface area contributed by atoms with Crippen LogP contribution >= 0.6 is 0 Å². The number of aliphatic hydroxyl groups excluding tert-OH is 1. The molecule has 0 bridgehead atoms. The molecule has 0 aliphatic carbocycles. The second kappa shape index (κ2) is 5.78. The number of nitrogens with zero attached hydrogens (tertiary/aromatic N) is 1. The Balaban J connectivity index is 2.49. The summed E-state index contributed by atoms with van der Waals surface area (Å²) in [6, 6.07) is 1.93. The summed E-state index contributed by atoms with van der Waals surface area (Å²) in [5.74, 6) is 1.09. The SMILES string of the molecule is COCC(C)c1cc(CCCO)on1. The highest BCUT2D eigenvalue weighted by Gasteiger charge is 2.11. The van der Waals surface area contributed by atoms with Crippen molar-refractivity contribution in [2.24, 2.45) is 0 Å². The van der Waals surface area contributed by atoms with E-state index in [9.17, 15) is 0 Å². The van der Waals surface area contributed by atoms with E-state index in [-0.39, 0.29) is 12.5 Å². The number of aromatic nitrogens is 1. The van der Waals surface area contributed by atoms with Gasteiger partial charge in [0, 0.05) is 32.1 Å². The van der Waals surface area contributed by atoms with Gasteiger partial charge in [-0.1, -0.05) is 12.1 Å². The Kier molecular flexibility index (Phi) is 4.62. The first-order valence-electron chi connectivity index (χ1n) is 4.83. The second-order valence-corrected chi connectivity index (χ2v) is 3.40. The number of aryl methyl sites for hydroxylation is 1. The van der Waals surface area contributed by atoms with E-state index in [0.29, 0.717) is 13.0 Å². The molecule has 4 nitrogen and oxygen atoms in total. The van der Waals surface area contributed by atoms with Gasteiger partial charge in [-0.3, -0.25) is 0 Å². The lowest BCUT2D eigenvalue weighted by Crippen LogP contribution is -2.01. The van der Waals surface area contributed by atoms with Crippen LogP contribution in [0.1, 0.15) is 30.7 Å². The quantitative estimate of drug-likeness (QED) is 0.751. The number of aliphatic hydroxyl groups is 1. The van der Waals surface area contributed by atoms with Crippen molar-refractivity contribution >= 4 is 0 Å². The van der Waals surface area contributed by atoms with Gasteiger partial charge < -0.3 is 14.4 Å². The van der Waals surface area contributed by atoms with Gasteiger partial charge in [-0.15, -0.1) is 0 Å². The first-order chi connectivity index (χ1) is 6.77. The van der Waals surface area contributed by atoms with Crippen LogP contribution in [-0.2, 0) is 11.2 Å². The van der Waals surface area contributed by atoms with Gasteiger partial charge in [-0.2, -0.15) is 0 Å². The van der Waals surface area contributed by atoms with Crippen LogP contribution in [0.4, 0.5) is 0 Å². The Bertz CT molecular complexity index is 260. The molecule has 1 rings (SSSR count). The van der Waals surface area contributed by atoms with Gasteiger partial charge in [-0.05, 0) is 6.42 Å². The van der Waals surface area contributed by atoms with Crippen molar-refractivity contribution in [3.63, 3.8) is 0 Å². The fraction of sp³-hybridized carbons (Fsp3) is 0.700. The highest BCUT2D eigenvalue weighted by atomic mass is 16.5. The van der Waals surface area contributed by atoms with Gasteiger partial charge in [0.2, 0.25) is 0 Å². The number of rotatable bonds is 6. The van der Waals surface area contributed by atoms with Gasteiger partial charge >= 0.3 is 0 Å². The van der Waals surface area contributed by atoms with E-state index in [1.807, 2.05) is 13.0 Å². The Labute approximate surface area is 83.9 Å². The van der Waals surface area contributed by atoms with Crippen molar-refractivity contribution < 1.29 is 14.4 Å². The third kappa shape index (κ3) is 3.12. The first-order valence-corrected chi connectivity index (χ1v) is 4.83. The van der Waals surface area contributed by atoms with E-state index in [4.69, 9.17) is 14.4 Å². The zero-order chi connectivity index (χ0) is 10.4. The second-order valence-electron chi connectivity index (χ2n) is 3.40. The summed E-state index contributed by atoms with van der Waals surface area (Å²) >= 11 is 0. The summed E-state index contributed by atoms with van der Waals surface area (Å²) in [5, 5.41) is 12.6. The molecule has 80 valence electrons. The molecular formula is C10H17NO3. The van der Waals surface area contributed by atoms with Crippen LogP contribution in [-0.4, -0.2) is 30.6 Å². The zero-order valence-electron chi connectivity index (χ0n) is 8.69. The molecule has 1 N–H and O–H groups in total. The third-order valence-corrected chi connectivity index (χ3v) is 2.08. The summed E-state index contributed by atoms with van der Waals surface area (Å²) in [5.41, 5.74) is 0.916. The van der Waals surface area contributed by atoms with E-state index in [1.165, 1.54) is 0 Å². The van der Waals surface area contributed by atoms with Crippen molar-refractivity contribution in [3.8, 4) is 0 Å². The van der Waals surface area contributed by atoms with Gasteiger partial charge in [0.05, 0.1) is 12.3 Å². The van der Waals surface area contributed by atoms with Gasteiger partial charge in [0.25, 0.3) is 0 Å². The molecule has 1 aromatic rings. The lowest BCUT2D eigenvalue weighted by atomic mass is 10.1. The molecule has 14 heavy (non-hydrogen) atoms. The average molecular weight is 199 g/mol. The molecule has 0 radical (unpaired) electrons. The maximum Gasteiger partial charge on any atom is 0.137 e. The summed E-state index contributed by atoms with van der Waals surface area (Å²) in [6.45, 7) is 2.87. The first kappa shape index (κ1) is 11.2. The molecule has 0 amide bonds. The maximum absolute atomic E-state index is 8.65. The number of ether oxygens (including phenoxy) is 1. The van der Waals surface area contributed by atoms with Crippen LogP contribution < -0.4 is 0 Å². The maximum atomic E-state index is 8.65. The van der Waals surface area contributed by atoms with Gasteiger partial charge in [-0.25, -0.2) is 0 Å². The largest absolute Gasteiger partial charge is 0.396 e. The average Bonchev–Trinajstić information content (AvgIpc) is 2.63. The van der Waals surface area contributed by atoms with Crippen molar-refractivity contribution in [3.05, 3.63) is 17.5 Å². The minimum absolute atomic E-state index is 0.184. The molecule has 0 spiro atoms. The standard InChI is InChI=1S/C10H17NO3/c1-8(7-13-2)10-6-9(14-11-10)4-3-5-12/h6,8,12H,3-5,7H2,1-2H3. The normalized spacial score (nSPS) is 13.1. The molecule has 0 aliphatic heterocycles. The Morgan fingerprint density at radius 2 is 2.43 bits per heavy atom. The molecule has 1 atom stereocenters. The molecule has 4 heteroatoms.